The van der Waals surface area contributed by atoms with Crippen molar-refractivity contribution in [2.24, 2.45) is 5.73 Å². The van der Waals surface area contributed by atoms with Crippen LogP contribution in [0.2, 0.25) is 0 Å². The molecule has 0 aliphatic carbocycles. The van der Waals surface area contributed by atoms with Crippen molar-refractivity contribution in [2.45, 2.75) is 44.7 Å². The number of urea groups is 1. The molecule has 2 unspecified atom stereocenters. The quantitative estimate of drug-likeness (QED) is 0.764. The molecule has 2 atom stereocenters. The van der Waals surface area contributed by atoms with Gasteiger partial charge in [0.05, 0.1) is 0 Å². The molecule has 1 rings (SSSR count). The van der Waals surface area contributed by atoms with E-state index in [1.54, 1.807) is 6.92 Å². The van der Waals surface area contributed by atoms with Crippen LogP contribution >= 0.6 is 0 Å². The first kappa shape index (κ1) is 15.3. The van der Waals surface area contributed by atoms with Crippen molar-refractivity contribution in [3.05, 3.63) is 0 Å². The van der Waals surface area contributed by atoms with Gasteiger partial charge in [0.25, 0.3) is 0 Å². The molecule has 0 saturated carbocycles. The predicted molar refractivity (Wildman–Crippen MR) is 68.4 cm³/mol. The number of hydrogen-bond acceptors (Lipinski definition) is 3. The van der Waals surface area contributed by atoms with Crippen molar-refractivity contribution in [1.29, 1.82) is 0 Å². The fourth-order valence-corrected chi connectivity index (χ4v) is 2.41. The number of rotatable bonds is 4. The Labute approximate surface area is 112 Å². The van der Waals surface area contributed by atoms with Crippen molar-refractivity contribution in [1.82, 2.24) is 9.80 Å². The average Bonchev–Trinajstić information content (AvgIpc) is 2.38. The van der Waals surface area contributed by atoms with Crippen LogP contribution in [0.15, 0.2) is 0 Å². The first-order valence-corrected chi connectivity index (χ1v) is 6.45. The minimum absolute atomic E-state index is 0.312. The molecular weight excluding hydrogens is 250 g/mol. The highest BCUT2D eigenvalue weighted by Gasteiger charge is 2.35. The van der Waals surface area contributed by atoms with Crippen LogP contribution in [0.1, 0.15) is 32.6 Å². The zero-order chi connectivity index (χ0) is 14.6. The molecule has 0 radical (unpaired) electrons. The normalized spacial score (nSPS) is 20.7. The molecule has 7 heteroatoms. The first-order chi connectivity index (χ1) is 8.90. The van der Waals surface area contributed by atoms with Gasteiger partial charge in [-0.25, -0.2) is 9.59 Å². The van der Waals surface area contributed by atoms with Gasteiger partial charge in [0.15, 0.2) is 0 Å². The number of likely N-dealkylation sites (tertiary alicyclic amines) is 1. The molecule has 1 aliphatic rings. The van der Waals surface area contributed by atoms with Crippen molar-refractivity contribution >= 4 is 17.9 Å². The molecule has 0 aromatic rings. The number of primary amides is 1. The van der Waals surface area contributed by atoms with E-state index in [2.05, 4.69) is 0 Å². The number of nitrogens with zero attached hydrogens (tertiary/aromatic N) is 2. The van der Waals surface area contributed by atoms with Gasteiger partial charge in [-0.3, -0.25) is 4.79 Å². The summed E-state index contributed by atoms with van der Waals surface area (Å²) >= 11 is 0. The largest absolute Gasteiger partial charge is 0.480 e. The Hall–Kier alpha value is -1.79. The van der Waals surface area contributed by atoms with Gasteiger partial charge in [-0.1, -0.05) is 6.92 Å². The number of carboxylic acid groups (broad SMARTS) is 1. The highest BCUT2D eigenvalue weighted by molar-refractivity contribution is 5.88. The van der Waals surface area contributed by atoms with Crippen LogP contribution in [0.4, 0.5) is 4.79 Å². The number of amides is 3. The number of hydrogen-bond donors (Lipinski definition) is 2. The Morgan fingerprint density at radius 3 is 2.53 bits per heavy atom. The molecule has 0 aromatic heterocycles. The summed E-state index contributed by atoms with van der Waals surface area (Å²) in [5, 5.41) is 9.06. The number of carbonyl (C=O) groups is 3. The van der Waals surface area contributed by atoms with Crippen LogP contribution in [0.5, 0.6) is 0 Å². The number of carbonyl (C=O) groups excluding carboxylic acids is 2. The van der Waals surface area contributed by atoms with E-state index in [-0.39, 0.29) is 0 Å². The highest BCUT2D eigenvalue weighted by atomic mass is 16.4. The zero-order valence-corrected chi connectivity index (χ0v) is 11.3. The summed E-state index contributed by atoms with van der Waals surface area (Å²) in [6.45, 7) is 2.14. The first-order valence-electron chi connectivity index (χ1n) is 6.45. The molecule has 1 heterocycles. The molecule has 19 heavy (non-hydrogen) atoms. The van der Waals surface area contributed by atoms with Crippen molar-refractivity contribution in [2.75, 3.05) is 13.6 Å². The van der Waals surface area contributed by atoms with Gasteiger partial charge < -0.3 is 20.6 Å². The van der Waals surface area contributed by atoms with Crippen molar-refractivity contribution < 1.29 is 19.5 Å². The van der Waals surface area contributed by atoms with E-state index in [9.17, 15) is 14.4 Å². The third-order valence-electron chi connectivity index (χ3n) is 3.52. The maximum Gasteiger partial charge on any atom is 0.326 e. The van der Waals surface area contributed by atoms with E-state index in [0.717, 1.165) is 12.8 Å². The SMILES string of the molecule is CCC(C(=O)O)N(C)C(=O)N1CCCCC1C(N)=O. The second-order valence-electron chi connectivity index (χ2n) is 4.76. The molecular formula is C12H21N3O4. The van der Waals surface area contributed by atoms with E-state index in [1.165, 1.54) is 16.8 Å². The van der Waals surface area contributed by atoms with Crippen LogP contribution in [0, 0.1) is 0 Å². The Morgan fingerprint density at radius 2 is 2.05 bits per heavy atom. The van der Waals surface area contributed by atoms with E-state index < -0.39 is 30.0 Å². The van der Waals surface area contributed by atoms with Gasteiger partial charge in [-0.05, 0) is 25.7 Å². The Morgan fingerprint density at radius 1 is 1.42 bits per heavy atom. The summed E-state index contributed by atoms with van der Waals surface area (Å²) in [4.78, 5) is 37.3. The third kappa shape index (κ3) is 3.36. The van der Waals surface area contributed by atoms with E-state index in [1.807, 2.05) is 0 Å². The zero-order valence-electron chi connectivity index (χ0n) is 11.3. The van der Waals surface area contributed by atoms with Crippen LogP contribution in [0.3, 0.4) is 0 Å². The van der Waals surface area contributed by atoms with E-state index in [0.29, 0.717) is 19.4 Å². The molecule has 0 spiro atoms. The van der Waals surface area contributed by atoms with Gasteiger partial charge in [-0.2, -0.15) is 0 Å². The summed E-state index contributed by atoms with van der Waals surface area (Å²) in [5.74, 6) is -1.59. The van der Waals surface area contributed by atoms with Gasteiger partial charge in [-0.15, -0.1) is 0 Å². The third-order valence-corrected chi connectivity index (χ3v) is 3.52. The smallest absolute Gasteiger partial charge is 0.326 e. The minimum atomic E-state index is -1.05. The Balaban J connectivity index is 2.84. The molecule has 0 bridgehead atoms. The van der Waals surface area contributed by atoms with Crippen LogP contribution < -0.4 is 5.73 Å². The van der Waals surface area contributed by atoms with Crippen molar-refractivity contribution in [3.8, 4) is 0 Å². The summed E-state index contributed by atoms with van der Waals surface area (Å²) in [7, 11) is 1.44. The summed E-state index contributed by atoms with van der Waals surface area (Å²) in [5.41, 5.74) is 5.30. The van der Waals surface area contributed by atoms with Gasteiger partial charge in [0.2, 0.25) is 5.91 Å². The topological polar surface area (TPSA) is 104 Å². The lowest BCUT2D eigenvalue weighted by molar-refractivity contribution is -0.142. The second-order valence-corrected chi connectivity index (χ2v) is 4.76. The molecule has 3 N–H and O–H groups in total. The lowest BCUT2D eigenvalue weighted by atomic mass is 10.0. The number of aliphatic carboxylic acids is 1. The highest BCUT2D eigenvalue weighted by Crippen LogP contribution is 2.19. The van der Waals surface area contributed by atoms with E-state index >= 15 is 0 Å². The van der Waals surface area contributed by atoms with Crippen LogP contribution in [-0.4, -0.2) is 58.5 Å². The average molecular weight is 271 g/mol. The minimum Gasteiger partial charge on any atom is -0.480 e. The molecule has 1 aliphatic heterocycles. The molecule has 0 aromatic carbocycles. The molecule has 7 nitrogen and oxygen atoms in total. The van der Waals surface area contributed by atoms with E-state index in [4.69, 9.17) is 10.8 Å². The maximum absolute atomic E-state index is 12.3. The predicted octanol–water partition coefficient (Wildman–Crippen LogP) is 0.241. The van der Waals surface area contributed by atoms with Gasteiger partial charge in [0, 0.05) is 13.6 Å². The number of nitrogens with two attached hydrogens (primary N) is 1. The van der Waals surface area contributed by atoms with Crippen LogP contribution in [-0.2, 0) is 9.59 Å². The molecule has 1 saturated heterocycles. The number of piperidine rings is 1. The Bertz CT molecular complexity index is 372. The summed E-state index contributed by atoms with van der Waals surface area (Å²) in [6, 6.07) is -1.96. The fraction of sp³-hybridized carbons (Fsp3) is 0.750. The molecule has 108 valence electrons. The van der Waals surface area contributed by atoms with Crippen molar-refractivity contribution in [3.63, 3.8) is 0 Å². The maximum atomic E-state index is 12.3. The number of carboxylic acids is 1. The summed E-state index contributed by atoms with van der Waals surface area (Å²) < 4.78 is 0. The Kier molecular flexibility index (Phi) is 5.14. The fourth-order valence-electron chi connectivity index (χ4n) is 2.41. The molecule has 1 fully saturated rings. The number of likely N-dealkylation sites (N-methyl/N-ethyl adjacent to an activating group) is 1. The lowest BCUT2D eigenvalue weighted by Gasteiger charge is -2.37. The monoisotopic (exact) mass is 271 g/mol. The van der Waals surface area contributed by atoms with Gasteiger partial charge >= 0.3 is 12.0 Å². The summed E-state index contributed by atoms with van der Waals surface area (Å²) in [6.07, 6.45) is 2.50. The lowest BCUT2D eigenvalue weighted by Crippen LogP contribution is -2.56. The second kappa shape index (κ2) is 6.40. The molecule has 3 amide bonds. The standard InChI is InChI=1S/C12H21N3O4/c1-3-8(11(17)18)14(2)12(19)15-7-5-4-6-9(15)10(13)16/h8-9H,3-7H2,1-2H3,(H2,13,16)(H,17,18). The van der Waals surface area contributed by atoms with Crippen LogP contribution in [0.25, 0.3) is 0 Å². The van der Waals surface area contributed by atoms with Gasteiger partial charge in [0.1, 0.15) is 12.1 Å².